The molecule has 0 saturated carbocycles. The Morgan fingerprint density at radius 1 is 0.837 bits per heavy atom. The third-order valence-corrected chi connectivity index (χ3v) is 9.09. The van der Waals surface area contributed by atoms with Gasteiger partial charge in [0.1, 0.15) is 17.1 Å². The molecule has 0 spiro atoms. The summed E-state index contributed by atoms with van der Waals surface area (Å²) in [5, 5.41) is 51.7. The van der Waals surface area contributed by atoms with E-state index in [0.29, 0.717) is 11.3 Å². The minimum absolute atomic E-state index is 0.0731. The smallest absolute Gasteiger partial charge is 0.323 e. The van der Waals surface area contributed by atoms with Gasteiger partial charge in [-0.15, -0.1) is 0 Å². The zero-order valence-corrected chi connectivity index (χ0v) is 23.2. The highest BCUT2D eigenvalue weighted by Gasteiger charge is 2.58. The topological polar surface area (TPSA) is 199 Å². The van der Waals surface area contributed by atoms with Crippen molar-refractivity contribution in [3.63, 3.8) is 0 Å². The van der Waals surface area contributed by atoms with Crippen LogP contribution >= 0.6 is 0 Å². The summed E-state index contributed by atoms with van der Waals surface area (Å²) in [5.41, 5.74) is 5.01. The number of rotatable bonds is 3. The maximum absolute atomic E-state index is 13.9. The molecule has 11 nitrogen and oxygen atoms in total. The fourth-order valence-corrected chi connectivity index (χ4v) is 7.03. The molecule has 3 unspecified atom stereocenters. The van der Waals surface area contributed by atoms with E-state index in [1.807, 2.05) is 30.3 Å². The maximum Gasteiger partial charge on any atom is 0.323 e. The van der Waals surface area contributed by atoms with E-state index in [2.05, 4.69) is 10.6 Å². The van der Waals surface area contributed by atoms with Crippen LogP contribution in [0.1, 0.15) is 35.7 Å². The number of amides is 3. The van der Waals surface area contributed by atoms with E-state index < -0.39 is 82.0 Å². The minimum Gasteiger partial charge on any atom is -0.511 e. The summed E-state index contributed by atoms with van der Waals surface area (Å²) in [6, 6.07) is 15.2. The zero-order valence-electron chi connectivity index (χ0n) is 23.2. The Kier molecular flexibility index (Phi) is 6.50. The third kappa shape index (κ3) is 4.07. The number of nitrogens with two attached hydrogens (primary N) is 1. The lowest BCUT2D eigenvalue weighted by molar-refractivity contribution is -0.130. The number of allylic oxidation sites excluding steroid dienone is 2. The van der Waals surface area contributed by atoms with Gasteiger partial charge in [-0.3, -0.25) is 14.4 Å². The second-order valence-corrected chi connectivity index (χ2v) is 11.3. The van der Waals surface area contributed by atoms with Crippen LogP contribution in [0.25, 0.3) is 10.8 Å². The molecule has 0 aliphatic heterocycles. The molecule has 0 saturated heterocycles. The number of phenolic OH excluding ortho intramolecular Hbond substituents is 1. The summed E-state index contributed by atoms with van der Waals surface area (Å²) in [6.45, 7) is 3.20. The number of Topliss-reactive ketones (excluding diaryl/α,β-unsaturated/α-hetero) is 2. The predicted octanol–water partition coefficient (Wildman–Crippen LogP) is 4.04. The molecule has 11 heteroatoms. The number of aromatic hydroxyl groups is 1. The van der Waals surface area contributed by atoms with Crippen molar-refractivity contribution in [2.45, 2.75) is 25.9 Å². The lowest BCUT2D eigenvalue weighted by Crippen LogP contribution is -2.54. The van der Waals surface area contributed by atoms with Crippen LogP contribution in [0, 0.1) is 23.7 Å². The van der Waals surface area contributed by atoms with Crippen molar-refractivity contribution in [2.24, 2.45) is 29.4 Å². The molecule has 3 aliphatic carbocycles. The number of aliphatic hydroxyl groups is 3. The van der Waals surface area contributed by atoms with Crippen LogP contribution < -0.4 is 16.4 Å². The number of carbonyl (C=O) groups is 4. The van der Waals surface area contributed by atoms with Crippen LogP contribution in [0.5, 0.6) is 5.75 Å². The van der Waals surface area contributed by atoms with Crippen LogP contribution in [0.4, 0.5) is 16.2 Å². The number of nitrogens with one attached hydrogen (secondary N) is 2. The maximum atomic E-state index is 13.9. The lowest BCUT2D eigenvalue weighted by atomic mass is 9.56. The number of urea groups is 1. The van der Waals surface area contributed by atoms with Crippen LogP contribution in [-0.2, 0) is 9.59 Å². The van der Waals surface area contributed by atoms with Crippen molar-refractivity contribution < 1.29 is 39.6 Å². The molecule has 0 bridgehead atoms. The molecule has 6 rings (SSSR count). The second kappa shape index (κ2) is 9.99. The van der Waals surface area contributed by atoms with Crippen LogP contribution in [0.15, 0.2) is 77.3 Å². The fraction of sp³-hybridized carbons (Fsp3) is 0.250. The number of ketones is 2. The van der Waals surface area contributed by atoms with Crippen molar-refractivity contribution in [1.82, 2.24) is 0 Å². The summed E-state index contributed by atoms with van der Waals surface area (Å²) < 4.78 is 0. The molecule has 3 aromatic carbocycles. The van der Waals surface area contributed by atoms with Crippen LogP contribution in [0.2, 0.25) is 0 Å². The highest BCUT2D eigenvalue weighted by Crippen LogP contribution is 2.55. The Balaban J connectivity index is 1.37. The van der Waals surface area contributed by atoms with E-state index >= 15 is 0 Å². The van der Waals surface area contributed by atoms with Crippen LogP contribution in [0.3, 0.4) is 0 Å². The quantitative estimate of drug-likeness (QED) is 0.177. The summed E-state index contributed by atoms with van der Waals surface area (Å²) in [6.07, 6.45) is -1.37. The number of anilines is 2. The van der Waals surface area contributed by atoms with Gasteiger partial charge in [-0.05, 0) is 29.0 Å². The molecule has 0 radical (unpaired) electrons. The van der Waals surface area contributed by atoms with E-state index in [1.165, 1.54) is 13.0 Å². The van der Waals surface area contributed by atoms with Gasteiger partial charge in [-0.2, -0.15) is 0 Å². The summed E-state index contributed by atoms with van der Waals surface area (Å²) >= 11 is 0. The van der Waals surface area contributed by atoms with Crippen LogP contribution in [-0.4, -0.2) is 50.0 Å². The molecule has 43 heavy (non-hydrogen) atoms. The number of hydrogen-bond acceptors (Lipinski definition) is 8. The average Bonchev–Trinajstić information content (AvgIpc) is 2.96. The highest BCUT2D eigenvalue weighted by atomic mass is 16.3. The summed E-state index contributed by atoms with van der Waals surface area (Å²) in [4.78, 5) is 52.1. The van der Waals surface area contributed by atoms with E-state index in [0.717, 1.165) is 10.8 Å². The monoisotopic (exact) mass is 583 g/mol. The molecule has 6 atom stereocenters. The van der Waals surface area contributed by atoms with Gasteiger partial charge in [0.05, 0.1) is 29.0 Å². The van der Waals surface area contributed by atoms with E-state index in [1.54, 1.807) is 25.1 Å². The number of carbonyl (C=O) groups excluding carboxylic acids is 4. The number of benzene rings is 3. The zero-order chi connectivity index (χ0) is 30.9. The normalized spacial score (nSPS) is 26.5. The van der Waals surface area contributed by atoms with Crippen molar-refractivity contribution in [3.05, 3.63) is 88.4 Å². The first-order valence-corrected chi connectivity index (χ1v) is 13.8. The molecule has 8 N–H and O–H groups in total. The van der Waals surface area contributed by atoms with Crippen molar-refractivity contribution in [3.8, 4) is 5.75 Å². The summed E-state index contributed by atoms with van der Waals surface area (Å²) in [5.74, 6) is -9.83. The Hall–Kier alpha value is -5.16. The minimum atomic E-state index is -1.50. The van der Waals surface area contributed by atoms with Crippen molar-refractivity contribution in [2.75, 3.05) is 10.6 Å². The largest absolute Gasteiger partial charge is 0.511 e. The highest BCUT2D eigenvalue weighted by molar-refractivity contribution is 6.22. The lowest BCUT2D eigenvalue weighted by Gasteiger charge is -2.48. The van der Waals surface area contributed by atoms with Gasteiger partial charge >= 0.3 is 6.03 Å². The van der Waals surface area contributed by atoms with Gasteiger partial charge in [0.25, 0.3) is 5.91 Å². The first kappa shape index (κ1) is 28.0. The molecule has 3 aliphatic rings. The Bertz CT molecular complexity index is 1820. The fourth-order valence-electron chi connectivity index (χ4n) is 7.03. The van der Waals surface area contributed by atoms with Crippen molar-refractivity contribution >= 4 is 45.7 Å². The van der Waals surface area contributed by atoms with Gasteiger partial charge in [-0.25, -0.2) is 4.79 Å². The number of hydrogen-bond donors (Lipinski definition) is 7. The number of fused-ring (bicyclic) bond motifs is 4. The Morgan fingerprint density at radius 3 is 2.23 bits per heavy atom. The van der Waals surface area contributed by atoms with E-state index in [4.69, 9.17) is 5.73 Å². The SMILES string of the molecule is C[C@@H]1C(O)=C(C(N)=O)C(=O)C2C(O)=C3C(=O)c4c(ccc(NC(=O)Nc5cccc6ccccc56)c4O)[C@H](C)C3[C@H](O)C21. The van der Waals surface area contributed by atoms with Gasteiger partial charge in [0, 0.05) is 28.7 Å². The molecule has 0 heterocycles. The molecule has 3 amide bonds. The number of primary amides is 1. The Labute approximate surface area is 245 Å². The third-order valence-electron chi connectivity index (χ3n) is 9.09. The predicted molar refractivity (Wildman–Crippen MR) is 157 cm³/mol. The molecule has 220 valence electrons. The molecule has 0 aromatic heterocycles. The molecular weight excluding hydrogens is 554 g/mol. The first-order chi connectivity index (χ1) is 20.4. The molecule has 3 aromatic rings. The van der Waals surface area contributed by atoms with Gasteiger partial charge in [0.2, 0.25) is 0 Å². The standard InChI is InChI=1S/C32H29N3O8/c1-12-15-10-11-18(35-32(43)34-17-9-5-7-14-6-3-4-8-16(14)17)26(37)21(15)28(39)22-19(12)27(38)20-13(2)25(36)24(31(33)42)30(41)23(20)29(22)40/h3-13,19-20,23,27,36-38,40H,1-2H3,(H2,33,42)(H2,34,35,43)/t12-,13-,19?,20?,23?,27-/m0/s1. The average molecular weight is 584 g/mol. The van der Waals surface area contributed by atoms with E-state index in [-0.39, 0.29) is 16.8 Å². The second-order valence-electron chi connectivity index (χ2n) is 11.3. The van der Waals surface area contributed by atoms with Gasteiger partial charge < -0.3 is 36.8 Å². The van der Waals surface area contributed by atoms with Gasteiger partial charge in [0.15, 0.2) is 17.3 Å². The Morgan fingerprint density at radius 2 is 1.51 bits per heavy atom. The first-order valence-electron chi connectivity index (χ1n) is 13.8. The number of aliphatic hydroxyl groups excluding tert-OH is 3. The summed E-state index contributed by atoms with van der Waals surface area (Å²) in [7, 11) is 0. The molecule has 0 fully saturated rings. The van der Waals surface area contributed by atoms with Crippen molar-refractivity contribution in [1.29, 1.82) is 0 Å². The van der Waals surface area contributed by atoms with Gasteiger partial charge in [-0.1, -0.05) is 56.3 Å². The number of phenols is 1. The van der Waals surface area contributed by atoms with E-state index in [9.17, 15) is 39.6 Å². The molecular formula is C32H29N3O8.